The largest absolute Gasteiger partial charge is 0.371 e. The molecule has 2 saturated heterocycles. The second kappa shape index (κ2) is 4.84. The Morgan fingerprint density at radius 3 is 2.62 bits per heavy atom. The summed E-state index contributed by atoms with van der Waals surface area (Å²) in [6, 6.07) is 2.12. The number of amides is 1. The minimum atomic E-state index is -0.456. The number of likely N-dealkylation sites (tertiary alicyclic amines) is 1. The van der Waals surface area contributed by atoms with Crippen molar-refractivity contribution in [2.45, 2.75) is 44.8 Å². The third-order valence-electron chi connectivity index (χ3n) is 3.39. The topological polar surface area (TPSA) is 53.3 Å². The molecular weight excluding hydrogens is 204 g/mol. The smallest absolute Gasteiger partial charge is 0.240 e. The maximum atomic E-state index is 12.1. The van der Waals surface area contributed by atoms with E-state index in [0.717, 1.165) is 19.3 Å². The predicted octanol–water partition coefficient (Wildman–Crippen LogP) is 1.32. The van der Waals surface area contributed by atoms with Gasteiger partial charge in [-0.25, -0.2) is 0 Å². The molecule has 88 valence electrons. The monoisotopic (exact) mass is 222 g/mol. The van der Waals surface area contributed by atoms with E-state index in [0.29, 0.717) is 19.5 Å². The summed E-state index contributed by atoms with van der Waals surface area (Å²) in [5.41, 5.74) is 0. The van der Waals surface area contributed by atoms with Crippen molar-refractivity contribution in [1.82, 2.24) is 4.90 Å². The lowest BCUT2D eigenvalue weighted by atomic mass is 10.0. The Bertz CT molecular complexity index is 299. The molecule has 0 aliphatic carbocycles. The summed E-state index contributed by atoms with van der Waals surface area (Å²) >= 11 is 0. The first-order valence-electron chi connectivity index (χ1n) is 6.08. The van der Waals surface area contributed by atoms with Crippen LogP contribution < -0.4 is 0 Å². The molecule has 0 aromatic carbocycles. The maximum Gasteiger partial charge on any atom is 0.240 e. The summed E-state index contributed by atoms with van der Waals surface area (Å²) in [7, 11) is 0. The Kier molecular flexibility index (Phi) is 3.45. The van der Waals surface area contributed by atoms with Gasteiger partial charge < -0.3 is 9.64 Å². The molecule has 3 unspecified atom stereocenters. The van der Waals surface area contributed by atoms with Gasteiger partial charge in [0.05, 0.1) is 18.3 Å². The third kappa shape index (κ3) is 2.19. The summed E-state index contributed by atoms with van der Waals surface area (Å²) in [6.45, 7) is 3.36. The molecule has 2 bridgehead atoms. The van der Waals surface area contributed by atoms with Gasteiger partial charge in [-0.1, -0.05) is 13.3 Å². The van der Waals surface area contributed by atoms with E-state index in [2.05, 4.69) is 6.07 Å². The normalized spacial score (nSPS) is 29.9. The van der Waals surface area contributed by atoms with Crippen molar-refractivity contribution < 1.29 is 9.53 Å². The number of carbonyl (C=O) groups excluding carboxylic acids is 1. The molecule has 0 spiro atoms. The van der Waals surface area contributed by atoms with Crippen molar-refractivity contribution in [2.75, 3.05) is 13.1 Å². The number of rotatable bonds is 3. The molecule has 1 amide bonds. The van der Waals surface area contributed by atoms with Gasteiger partial charge in [0.25, 0.3) is 0 Å². The summed E-state index contributed by atoms with van der Waals surface area (Å²) < 4.78 is 5.67. The van der Waals surface area contributed by atoms with Crippen LogP contribution in [0.25, 0.3) is 0 Å². The van der Waals surface area contributed by atoms with Crippen LogP contribution in [0.4, 0.5) is 0 Å². The van der Waals surface area contributed by atoms with Gasteiger partial charge in [-0.2, -0.15) is 5.26 Å². The van der Waals surface area contributed by atoms with Crippen molar-refractivity contribution in [2.24, 2.45) is 5.92 Å². The highest BCUT2D eigenvalue weighted by atomic mass is 16.5. The average Bonchev–Trinajstić information content (AvgIpc) is 2.64. The Hall–Kier alpha value is -1.08. The van der Waals surface area contributed by atoms with E-state index >= 15 is 0 Å². The number of hydrogen-bond donors (Lipinski definition) is 0. The van der Waals surface area contributed by atoms with Crippen LogP contribution in [0.2, 0.25) is 0 Å². The van der Waals surface area contributed by atoms with Gasteiger partial charge >= 0.3 is 0 Å². The van der Waals surface area contributed by atoms with Crippen LogP contribution in [0.1, 0.15) is 32.6 Å². The molecule has 2 aliphatic rings. The molecule has 4 nitrogen and oxygen atoms in total. The number of fused-ring (bicyclic) bond motifs is 2. The highest BCUT2D eigenvalue weighted by Gasteiger charge is 2.37. The van der Waals surface area contributed by atoms with Crippen LogP contribution in [0, 0.1) is 17.2 Å². The fraction of sp³-hybridized carbons (Fsp3) is 0.833. The summed E-state index contributed by atoms with van der Waals surface area (Å²) in [6.07, 6.45) is 4.08. The van der Waals surface area contributed by atoms with Gasteiger partial charge in [-0.3, -0.25) is 4.79 Å². The molecule has 0 aromatic rings. The Morgan fingerprint density at radius 2 is 2.12 bits per heavy atom. The molecule has 0 saturated carbocycles. The van der Waals surface area contributed by atoms with Gasteiger partial charge in [0, 0.05) is 13.1 Å². The molecule has 2 fully saturated rings. The number of nitrogens with zero attached hydrogens (tertiary/aromatic N) is 2. The van der Waals surface area contributed by atoms with Gasteiger partial charge in [0.15, 0.2) is 0 Å². The van der Waals surface area contributed by atoms with Crippen LogP contribution in [-0.2, 0) is 9.53 Å². The Balaban J connectivity index is 1.97. The van der Waals surface area contributed by atoms with Crippen LogP contribution in [0.5, 0.6) is 0 Å². The van der Waals surface area contributed by atoms with Crippen LogP contribution in [-0.4, -0.2) is 36.1 Å². The highest BCUT2D eigenvalue weighted by Crippen LogP contribution is 2.27. The van der Waals surface area contributed by atoms with E-state index in [-0.39, 0.29) is 18.1 Å². The van der Waals surface area contributed by atoms with E-state index in [4.69, 9.17) is 10.00 Å². The fourth-order valence-electron chi connectivity index (χ4n) is 2.55. The van der Waals surface area contributed by atoms with E-state index < -0.39 is 5.92 Å². The second-order valence-electron chi connectivity index (χ2n) is 4.67. The van der Waals surface area contributed by atoms with Crippen LogP contribution >= 0.6 is 0 Å². The van der Waals surface area contributed by atoms with Crippen molar-refractivity contribution >= 4 is 5.91 Å². The quantitative estimate of drug-likeness (QED) is 0.723. The minimum Gasteiger partial charge on any atom is -0.371 e. The molecule has 2 heterocycles. The van der Waals surface area contributed by atoms with Gasteiger partial charge in [-0.05, 0) is 19.3 Å². The Morgan fingerprint density at radius 1 is 1.50 bits per heavy atom. The number of carbonyl (C=O) groups is 1. The summed E-state index contributed by atoms with van der Waals surface area (Å²) in [5.74, 6) is -0.452. The molecule has 4 heteroatoms. The number of hydrogen-bond acceptors (Lipinski definition) is 3. The van der Waals surface area contributed by atoms with E-state index in [1.807, 2.05) is 11.8 Å². The van der Waals surface area contributed by atoms with E-state index in [1.54, 1.807) is 0 Å². The third-order valence-corrected chi connectivity index (χ3v) is 3.39. The molecule has 2 rings (SSSR count). The fourth-order valence-corrected chi connectivity index (χ4v) is 2.55. The summed E-state index contributed by atoms with van der Waals surface area (Å²) in [4.78, 5) is 13.9. The SMILES string of the molecule is CCCC(C#N)C(=O)N1CC2CCC(C1)O2. The van der Waals surface area contributed by atoms with Crippen molar-refractivity contribution in [3.63, 3.8) is 0 Å². The molecule has 3 atom stereocenters. The lowest BCUT2D eigenvalue weighted by Gasteiger charge is -2.33. The van der Waals surface area contributed by atoms with Crippen molar-refractivity contribution in [3.8, 4) is 6.07 Å². The van der Waals surface area contributed by atoms with E-state index in [9.17, 15) is 4.79 Å². The molecular formula is C12H18N2O2. The van der Waals surface area contributed by atoms with Crippen molar-refractivity contribution in [1.29, 1.82) is 5.26 Å². The minimum absolute atomic E-state index is 0.00421. The predicted molar refractivity (Wildman–Crippen MR) is 58.5 cm³/mol. The Labute approximate surface area is 96.2 Å². The molecule has 0 aromatic heterocycles. The second-order valence-corrected chi connectivity index (χ2v) is 4.67. The van der Waals surface area contributed by atoms with Gasteiger partial charge in [-0.15, -0.1) is 0 Å². The lowest BCUT2D eigenvalue weighted by Crippen LogP contribution is -2.47. The maximum absolute atomic E-state index is 12.1. The first-order valence-corrected chi connectivity index (χ1v) is 6.08. The van der Waals surface area contributed by atoms with Crippen LogP contribution in [0.15, 0.2) is 0 Å². The van der Waals surface area contributed by atoms with E-state index in [1.165, 1.54) is 0 Å². The van der Waals surface area contributed by atoms with Gasteiger partial charge in [0.1, 0.15) is 5.92 Å². The first-order chi connectivity index (χ1) is 7.74. The molecule has 0 radical (unpaired) electrons. The molecule has 0 N–H and O–H groups in total. The zero-order chi connectivity index (χ0) is 11.5. The lowest BCUT2D eigenvalue weighted by molar-refractivity contribution is -0.142. The zero-order valence-corrected chi connectivity index (χ0v) is 9.69. The summed E-state index contributed by atoms with van der Waals surface area (Å²) in [5, 5.41) is 8.98. The van der Waals surface area contributed by atoms with Gasteiger partial charge in [0.2, 0.25) is 5.91 Å². The average molecular weight is 222 g/mol. The number of morpholine rings is 1. The first kappa shape index (κ1) is 11.4. The van der Waals surface area contributed by atoms with Crippen molar-refractivity contribution in [3.05, 3.63) is 0 Å². The standard InChI is InChI=1S/C12H18N2O2/c1-2-3-9(6-13)12(15)14-7-10-4-5-11(8-14)16-10/h9-11H,2-5,7-8H2,1H3. The molecule has 2 aliphatic heterocycles. The molecule has 16 heavy (non-hydrogen) atoms. The highest BCUT2D eigenvalue weighted by molar-refractivity contribution is 5.81. The number of ether oxygens (including phenoxy) is 1. The van der Waals surface area contributed by atoms with Crippen LogP contribution in [0.3, 0.4) is 0 Å². The number of nitriles is 1. The zero-order valence-electron chi connectivity index (χ0n) is 9.69.